The number of hydrogen-bond acceptors (Lipinski definition) is 4. The molecule has 0 radical (unpaired) electrons. The minimum absolute atomic E-state index is 0.0360. The second kappa shape index (κ2) is 9.65. The Morgan fingerprint density at radius 1 is 1.03 bits per heavy atom. The molecule has 1 aliphatic rings. The molecule has 1 aromatic carbocycles. The van der Waals surface area contributed by atoms with Gasteiger partial charge in [0.2, 0.25) is 5.91 Å². The van der Waals surface area contributed by atoms with Crippen molar-refractivity contribution < 1.29 is 14.3 Å². The number of hydrogen-bond donors (Lipinski definition) is 2. The Morgan fingerprint density at radius 2 is 1.73 bits per heavy atom. The second-order valence-electron chi connectivity index (χ2n) is 9.08. The third-order valence-corrected chi connectivity index (χ3v) is 6.88. The largest absolute Gasteiger partial charge is 0.484 e. The second-order valence-corrected chi connectivity index (χ2v) is 10.0. The van der Waals surface area contributed by atoms with Gasteiger partial charge in [0.1, 0.15) is 5.75 Å². The molecule has 30 heavy (non-hydrogen) atoms. The fraction of sp³-hybridized carbons (Fsp3) is 0.500. The van der Waals surface area contributed by atoms with Crippen LogP contribution in [-0.2, 0) is 20.4 Å². The third kappa shape index (κ3) is 5.85. The van der Waals surface area contributed by atoms with E-state index >= 15 is 0 Å². The van der Waals surface area contributed by atoms with Crippen LogP contribution < -0.4 is 15.4 Å². The van der Waals surface area contributed by atoms with Crippen LogP contribution in [0.3, 0.4) is 0 Å². The first kappa shape index (κ1) is 22.3. The lowest BCUT2D eigenvalue weighted by atomic mass is 9.84. The quantitative estimate of drug-likeness (QED) is 0.663. The first-order chi connectivity index (χ1) is 14.3. The Labute approximate surface area is 183 Å². The topological polar surface area (TPSA) is 67.4 Å². The molecule has 0 aliphatic heterocycles. The zero-order chi connectivity index (χ0) is 21.6. The highest BCUT2D eigenvalue weighted by Gasteiger charge is 2.36. The van der Waals surface area contributed by atoms with Crippen LogP contribution in [0.25, 0.3) is 0 Å². The van der Waals surface area contributed by atoms with Crippen molar-refractivity contribution in [2.24, 2.45) is 0 Å². The molecule has 0 unspecified atom stereocenters. The van der Waals surface area contributed by atoms with Gasteiger partial charge < -0.3 is 15.4 Å². The van der Waals surface area contributed by atoms with E-state index in [-0.39, 0.29) is 35.8 Å². The van der Waals surface area contributed by atoms with Gasteiger partial charge in [-0.15, -0.1) is 11.3 Å². The molecule has 5 nitrogen and oxygen atoms in total. The van der Waals surface area contributed by atoms with Crippen molar-refractivity contribution in [3.8, 4) is 5.75 Å². The van der Waals surface area contributed by atoms with Crippen LogP contribution in [0.15, 0.2) is 41.8 Å². The summed E-state index contributed by atoms with van der Waals surface area (Å²) >= 11 is 1.76. The van der Waals surface area contributed by atoms with Crippen molar-refractivity contribution in [2.75, 3.05) is 19.7 Å². The van der Waals surface area contributed by atoms with Crippen molar-refractivity contribution in [3.05, 3.63) is 52.2 Å². The van der Waals surface area contributed by atoms with Crippen LogP contribution in [0, 0.1) is 0 Å². The summed E-state index contributed by atoms with van der Waals surface area (Å²) in [6.07, 6.45) is 4.58. The summed E-state index contributed by atoms with van der Waals surface area (Å²) in [5, 5.41) is 7.74. The van der Waals surface area contributed by atoms with Gasteiger partial charge in [0.25, 0.3) is 5.91 Å². The van der Waals surface area contributed by atoms with E-state index in [2.05, 4.69) is 48.9 Å². The van der Waals surface area contributed by atoms with E-state index in [0.29, 0.717) is 12.3 Å². The predicted octanol–water partition coefficient (Wildman–Crippen LogP) is 4.17. The fourth-order valence-electron chi connectivity index (χ4n) is 3.90. The van der Waals surface area contributed by atoms with Crippen molar-refractivity contribution >= 4 is 23.2 Å². The summed E-state index contributed by atoms with van der Waals surface area (Å²) < 4.78 is 5.53. The minimum atomic E-state index is -0.307. The zero-order valence-electron chi connectivity index (χ0n) is 18.1. The normalized spacial score (nSPS) is 15.6. The molecular weight excluding hydrogens is 396 g/mol. The molecule has 1 aromatic heterocycles. The van der Waals surface area contributed by atoms with Crippen LogP contribution in [-0.4, -0.2) is 31.5 Å². The molecule has 2 amide bonds. The molecule has 0 bridgehead atoms. The molecule has 2 N–H and O–H groups in total. The van der Waals surface area contributed by atoms with Crippen molar-refractivity contribution in [3.63, 3.8) is 0 Å². The monoisotopic (exact) mass is 428 g/mol. The van der Waals surface area contributed by atoms with E-state index < -0.39 is 0 Å². The Hall–Kier alpha value is -2.34. The van der Waals surface area contributed by atoms with Gasteiger partial charge in [0.15, 0.2) is 6.61 Å². The van der Waals surface area contributed by atoms with Gasteiger partial charge in [-0.1, -0.05) is 51.8 Å². The number of benzene rings is 1. The van der Waals surface area contributed by atoms with E-state index in [1.807, 2.05) is 24.3 Å². The van der Waals surface area contributed by atoms with Gasteiger partial charge in [-0.05, 0) is 47.4 Å². The Balaban J connectivity index is 1.40. The number of carbonyl (C=O) groups excluding carboxylic acids is 2. The lowest BCUT2D eigenvalue weighted by Gasteiger charge is -2.28. The summed E-state index contributed by atoms with van der Waals surface area (Å²) in [4.78, 5) is 25.6. The molecular formula is C24H32N2O3S. The van der Waals surface area contributed by atoms with Crippen LogP contribution in [0.1, 0.15) is 56.9 Å². The molecule has 1 saturated carbocycles. The molecule has 1 heterocycles. The minimum Gasteiger partial charge on any atom is -0.484 e. The first-order valence-corrected chi connectivity index (χ1v) is 11.5. The van der Waals surface area contributed by atoms with E-state index in [9.17, 15) is 9.59 Å². The summed E-state index contributed by atoms with van der Waals surface area (Å²) in [7, 11) is 0. The van der Waals surface area contributed by atoms with E-state index in [4.69, 9.17) is 4.74 Å². The molecule has 0 spiro atoms. The molecule has 3 rings (SSSR count). The molecule has 162 valence electrons. The zero-order valence-corrected chi connectivity index (χ0v) is 18.9. The number of rotatable bonds is 8. The molecule has 1 aliphatic carbocycles. The fourth-order valence-corrected chi connectivity index (χ4v) is 4.89. The summed E-state index contributed by atoms with van der Waals surface area (Å²) in [6.45, 7) is 6.93. The van der Waals surface area contributed by atoms with Gasteiger partial charge in [0, 0.05) is 16.8 Å². The Kier molecular flexibility index (Phi) is 7.19. The van der Waals surface area contributed by atoms with E-state index in [1.54, 1.807) is 11.3 Å². The molecule has 2 aromatic rings. The summed E-state index contributed by atoms with van der Waals surface area (Å²) in [6, 6.07) is 12.0. The number of ether oxygens (including phenoxy) is 1. The van der Waals surface area contributed by atoms with E-state index in [0.717, 1.165) is 12.8 Å². The maximum absolute atomic E-state index is 12.3. The van der Waals surface area contributed by atoms with Crippen LogP contribution >= 0.6 is 11.3 Å². The highest BCUT2D eigenvalue weighted by atomic mass is 32.1. The summed E-state index contributed by atoms with van der Waals surface area (Å²) in [5.74, 6) is 0.168. The van der Waals surface area contributed by atoms with Gasteiger partial charge in [-0.2, -0.15) is 0 Å². The summed E-state index contributed by atoms with van der Waals surface area (Å²) in [5.41, 5.74) is 1.33. The lowest BCUT2D eigenvalue weighted by Crippen LogP contribution is -2.44. The number of amides is 2. The molecule has 0 atom stereocenters. The van der Waals surface area contributed by atoms with Gasteiger partial charge in [-0.25, -0.2) is 0 Å². The number of nitrogens with one attached hydrogen (secondary N) is 2. The average molecular weight is 429 g/mol. The molecule has 1 fully saturated rings. The molecule has 6 heteroatoms. The Morgan fingerprint density at radius 3 is 2.33 bits per heavy atom. The van der Waals surface area contributed by atoms with Crippen molar-refractivity contribution in [1.29, 1.82) is 0 Å². The average Bonchev–Trinajstić information content (AvgIpc) is 3.41. The number of carbonyl (C=O) groups is 2. The predicted molar refractivity (Wildman–Crippen MR) is 121 cm³/mol. The molecule has 0 saturated heterocycles. The SMILES string of the molecule is CC(C)(C)c1ccc(OCC(=O)NCC(=O)NCC2(c3cccs3)CCCC2)cc1. The highest BCUT2D eigenvalue weighted by molar-refractivity contribution is 7.10. The number of thiophene rings is 1. The van der Waals surface area contributed by atoms with Crippen molar-refractivity contribution in [2.45, 2.75) is 57.3 Å². The third-order valence-electron chi connectivity index (χ3n) is 5.76. The van der Waals surface area contributed by atoms with Gasteiger partial charge in [0.05, 0.1) is 6.54 Å². The van der Waals surface area contributed by atoms with E-state index in [1.165, 1.54) is 23.3 Å². The van der Waals surface area contributed by atoms with Crippen LogP contribution in [0.4, 0.5) is 0 Å². The Bertz CT molecular complexity index is 832. The highest BCUT2D eigenvalue weighted by Crippen LogP contribution is 2.42. The van der Waals surface area contributed by atoms with Gasteiger partial charge >= 0.3 is 0 Å². The lowest BCUT2D eigenvalue weighted by molar-refractivity contribution is -0.127. The van der Waals surface area contributed by atoms with Gasteiger partial charge in [-0.3, -0.25) is 9.59 Å². The maximum atomic E-state index is 12.3. The standard InChI is InChI=1S/C24H32N2O3S/c1-23(2,3)18-8-10-19(11-9-18)29-16-22(28)25-15-21(27)26-17-24(12-4-5-13-24)20-7-6-14-30-20/h6-11,14H,4-5,12-13,15-17H2,1-3H3,(H,25,28)(H,26,27). The smallest absolute Gasteiger partial charge is 0.258 e. The maximum Gasteiger partial charge on any atom is 0.258 e. The van der Waals surface area contributed by atoms with Crippen LogP contribution in [0.5, 0.6) is 5.75 Å². The van der Waals surface area contributed by atoms with Crippen LogP contribution in [0.2, 0.25) is 0 Å². The van der Waals surface area contributed by atoms with Crippen molar-refractivity contribution in [1.82, 2.24) is 10.6 Å². The first-order valence-electron chi connectivity index (χ1n) is 10.6.